The lowest BCUT2D eigenvalue weighted by molar-refractivity contribution is -0.121. The number of nitrogens with zero attached hydrogens (tertiary/aromatic N) is 1. The number of oxime groups is 1. The Morgan fingerprint density at radius 2 is 2.17 bits per heavy atom. The summed E-state index contributed by atoms with van der Waals surface area (Å²) in [5, 5.41) is 11.3. The van der Waals surface area contributed by atoms with E-state index in [-0.39, 0.29) is 18.5 Å². The Hall–Kier alpha value is -2.09. The first kappa shape index (κ1) is 17.3. The van der Waals surface area contributed by atoms with Gasteiger partial charge in [-0.1, -0.05) is 5.16 Å². The van der Waals surface area contributed by atoms with Crippen LogP contribution in [-0.4, -0.2) is 37.0 Å². The van der Waals surface area contributed by atoms with Gasteiger partial charge in [0.1, 0.15) is 19.3 Å². The van der Waals surface area contributed by atoms with E-state index in [9.17, 15) is 9.59 Å². The van der Waals surface area contributed by atoms with Crippen LogP contribution in [0.2, 0.25) is 0 Å². The molecule has 2 N–H and O–H groups in total. The summed E-state index contributed by atoms with van der Waals surface area (Å²) in [6.45, 7) is 5.15. The summed E-state index contributed by atoms with van der Waals surface area (Å²) < 4.78 is 5.09. The highest BCUT2D eigenvalue weighted by molar-refractivity contribution is 7.12. The Morgan fingerprint density at radius 1 is 1.43 bits per heavy atom. The van der Waals surface area contributed by atoms with Gasteiger partial charge in [-0.2, -0.15) is 0 Å². The second kappa shape index (κ2) is 6.99. The van der Waals surface area contributed by atoms with Crippen LogP contribution in [0.4, 0.5) is 4.79 Å². The molecule has 23 heavy (non-hydrogen) atoms. The third-order valence-corrected chi connectivity index (χ3v) is 4.04. The van der Waals surface area contributed by atoms with Gasteiger partial charge in [-0.05, 0) is 37.8 Å². The average Bonchev–Trinajstić information content (AvgIpc) is 3.00. The molecule has 1 aromatic heterocycles. The summed E-state index contributed by atoms with van der Waals surface area (Å²) in [5.41, 5.74) is 1.25. The van der Waals surface area contributed by atoms with Crippen molar-refractivity contribution < 1.29 is 19.2 Å². The van der Waals surface area contributed by atoms with E-state index in [2.05, 4.69) is 15.8 Å². The summed E-state index contributed by atoms with van der Waals surface area (Å²) >= 11 is 1.56. The molecule has 0 unspecified atom stereocenters. The van der Waals surface area contributed by atoms with Crippen molar-refractivity contribution in [3.63, 3.8) is 0 Å². The molecule has 0 aromatic carbocycles. The van der Waals surface area contributed by atoms with E-state index in [1.807, 2.05) is 11.4 Å². The highest BCUT2D eigenvalue weighted by Crippen LogP contribution is 2.35. The van der Waals surface area contributed by atoms with E-state index in [0.29, 0.717) is 6.42 Å². The lowest BCUT2D eigenvalue weighted by Crippen LogP contribution is -2.40. The topological polar surface area (TPSA) is 89.0 Å². The minimum atomic E-state index is -0.614. The van der Waals surface area contributed by atoms with Crippen LogP contribution in [-0.2, 0) is 14.4 Å². The van der Waals surface area contributed by atoms with Gasteiger partial charge >= 0.3 is 6.09 Å². The van der Waals surface area contributed by atoms with Gasteiger partial charge in [0.05, 0.1) is 16.6 Å². The fourth-order valence-corrected chi connectivity index (χ4v) is 3.21. The SMILES string of the molecule is CO/N=C1/C[C@H](NC(=O)CNC(=O)OC(C)(C)C)c2ccsc21. The number of alkyl carbamates (subject to hydrolysis) is 1. The highest BCUT2D eigenvalue weighted by atomic mass is 32.1. The molecule has 1 aromatic rings. The summed E-state index contributed by atoms with van der Waals surface area (Å²) in [5.74, 6) is -0.281. The molecular weight excluding hydrogens is 318 g/mol. The van der Waals surface area contributed by atoms with Crippen LogP contribution in [0.3, 0.4) is 0 Å². The first-order chi connectivity index (χ1) is 10.8. The van der Waals surface area contributed by atoms with E-state index in [1.54, 1.807) is 32.1 Å². The Kier molecular flexibility index (Phi) is 5.25. The number of amides is 2. The molecule has 0 radical (unpaired) electrons. The minimum Gasteiger partial charge on any atom is -0.444 e. The van der Waals surface area contributed by atoms with Crippen LogP contribution >= 0.6 is 11.3 Å². The normalized spacial score (nSPS) is 18.4. The monoisotopic (exact) mass is 339 g/mol. The zero-order valence-electron chi connectivity index (χ0n) is 13.6. The minimum absolute atomic E-state index is 0.137. The Bertz CT molecular complexity index is 618. The third kappa shape index (κ3) is 4.69. The van der Waals surface area contributed by atoms with Gasteiger partial charge in [0.25, 0.3) is 0 Å². The zero-order valence-corrected chi connectivity index (χ0v) is 14.5. The largest absolute Gasteiger partial charge is 0.444 e. The van der Waals surface area contributed by atoms with Crippen LogP contribution < -0.4 is 10.6 Å². The number of ether oxygens (including phenoxy) is 1. The van der Waals surface area contributed by atoms with Gasteiger partial charge in [0.15, 0.2) is 0 Å². The molecule has 0 fully saturated rings. The van der Waals surface area contributed by atoms with Crippen molar-refractivity contribution in [3.8, 4) is 0 Å². The maximum atomic E-state index is 12.0. The van der Waals surface area contributed by atoms with Crippen molar-refractivity contribution in [2.24, 2.45) is 5.16 Å². The van der Waals surface area contributed by atoms with Gasteiger partial charge in [0.2, 0.25) is 5.91 Å². The Balaban J connectivity index is 1.87. The average molecular weight is 339 g/mol. The molecule has 1 heterocycles. The number of fused-ring (bicyclic) bond motifs is 1. The highest BCUT2D eigenvalue weighted by Gasteiger charge is 2.30. The van der Waals surface area contributed by atoms with Crippen LogP contribution in [0.25, 0.3) is 0 Å². The predicted octanol–water partition coefficient (Wildman–Crippen LogP) is 2.18. The van der Waals surface area contributed by atoms with Crippen molar-refractivity contribution >= 4 is 29.0 Å². The summed E-state index contributed by atoms with van der Waals surface area (Å²) in [6, 6.07) is 1.81. The van der Waals surface area contributed by atoms with Crippen molar-refractivity contribution in [1.29, 1.82) is 0 Å². The van der Waals surface area contributed by atoms with E-state index in [4.69, 9.17) is 9.57 Å². The van der Waals surface area contributed by atoms with Crippen LogP contribution in [0.1, 0.15) is 43.7 Å². The maximum absolute atomic E-state index is 12.0. The standard InChI is InChI=1S/C15H21N3O4S/c1-15(2,3)22-14(20)16-8-12(19)17-10-7-11(18-21-4)13-9(10)5-6-23-13/h5-6,10H,7-8H2,1-4H3,(H,16,20)(H,17,19)/b18-11-/t10-/m0/s1. The van der Waals surface area contributed by atoms with Gasteiger partial charge in [-0.3, -0.25) is 4.79 Å². The molecule has 1 aliphatic carbocycles. The first-order valence-corrected chi connectivity index (χ1v) is 8.12. The number of hydrogen-bond acceptors (Lipinski definition) is 6. The Morgan fingerprint density at radius 3 is 2.83 bits per heavy atom. The number of thiophene rings is 1. The molecule has 8 heteroatoms. The van der Waals surface area contributed by atoms with E-state index >= 15 is 0 Å². The molecule has 0 spiro atoms. The Labute approximate surface area is 139 Å². The smallest absolute Gasteiger partial charge is 0.408 e. The number of carbonyl (C=O) groups is 2. The second-order valence-corrected chi connectivity index (χ2v) is 7.02. The lowest BCUT2D eigenvalue weighted by atomic mass is 10.2. The van der Waals surface area contributed by atoms with E-state index < -0.39 is 11.7 Å². The van der Waals surface area contributed by atoms with Gasteiger partial charge < -0.3 is 20.2 Å². The molecule has 0 bridgehead atoms. The third-order valence-electron chi connectivity index (χ3n) is 3.06. The maximum Gasteiger partial charge on any atom is 0.408 e. The van der Waals surface area contributed by atoms with Crippen molar-refractivity contribution in [2.45, 2.75) is 38.8 Å². The van der Waals surface area contributed by atoms with Crippen LogP contribution in [0, 0.1) is 0 Å². The second-order valence-electron chi connectivity index (χ2n) is 6.11. The quantitative estimate of drug-likeness (QED) is 0.823. The van der Waals surface area contributed by atoms with E-state index in [1.165, 1.54) is 7.11 Å². The molecule has 126 valence electrons. The van der Waals surface area contributed by atoms with Gasteiger partial charge in [0, 0.05) is 6.42 Å². The molecule has 0 saturated heterocycles. The van der Waals surface area contributed by atoms with Gasteiger partial charge in [-0.15, -0.1) is 11.3 Å². The molecule has 7 nitrogen and oxygen atoms in total. The summed E-state index contributed by atoms with van der Waals surface area (Å²) in [4.78, 5) is 29.4. The van der Waals surface area contributed by atoms with Crippen LogP contribution in [0.5, 0.6) is 0 Å². The number of nitrogens with one attached hydrogen (secondary N) is 2. The van der Waals surface area contributed by atoms with Gasteiger partial charge in [-0.25, -0.2) is 4.79 Å². The predicted molar refractivity (Wildman–Crippen MR) is 87.6 cm³/mol. The van der Waals surface area contributed by atoms with E-state index in [0.717, 1.165) is 16.2 Å². The van der Waals surface area contributed by atoms with Crippen LogP contribution in [0.15, 0.2) is 16.6 Å². The number of hydrogen-bond donors (Lipinski definition) is 2. The zero-order chi connectivity index (χ0) is 17.0. The molecular formula is C15H21N3O4S. The summed E-state index contributed by atoms with van der Waals surface area (Å²) in [6.07, 6.45) is -0.0365. The molecule has 1 atom stereocenters. The first-order valence-electron chi connectivity index (χ1n) is 7.24. The molecule has 0 saturated carbocycles. The lowest BCUT2D eigenvalue weighted by Gasteiger charge is -2.20. The van der Waals surface area contributed by atoms with Crippen molar-refractivity contribution in [3.05, 3.63) is 21.9 Å². The van der Waals surface area contributed by atoms with Crippen molar-refractivity contribution in [2.75, 3.05) is 13.7 Å². The fraction of sp³-hybridized carbons (Fsp3) is 0.533. The molecule has 2 rings (SSSR count). The number of rotatable bonds is 4. The number of carbonyl (C=O) groups excluding carboxylic acids is 2. The molecule has 2 amide bonds. The molecule has 0 aliphatic heterocycles. The molecule has 1 aliphatic rings. The fourth-order valence-electron chi connectivity index (χ4n) is 2.25. The van der Waals surface area contributed by atoms with Crippen molar-refractivity contribution in [1.82, 2.24) is 10.6 Å². The summed E-state index contributed by atoms with van der Waals surface area (Å²) in [7, 11) is 1.50.